The molecule has 1 atom stereocenters. The molecule has 0 saturated carbocycles. The van der Waals surface area contributed by atoms with Crippen LogP contribution in [-0.4, -0.2) is 36.1 Å². The van der Waals surface area contributed by atoms with E-state index >= 15 is 0 Å². The maximum atomic E-state index is 11.8. The Labute approximate surface area is 115 Å². The van der Waals surface area contributed by atoms with Gasteiger partial charge in [0.05, 0.1) is 18.0 Å². The van der Waals surface area contributed by atoms with Crippen LogP contribution in [0.25, 0.3) is 0 Å². The SMILES string of the molecule is CN(CC1CCCCO1)c1cnn(C)c(=O)c1Br. The van der Waals surface area contributed by atoms with Crippen molar-refractivity contribution in [3.05, 3.63) is 21.0 Å². The Morgan fingerprint density at radius 2 is 2.39 bits per heavy atom. The standard InChI is InChI=1S/C12H18BrN3O2/c1-15(8-9-5-3-4-6-18-9)10-7-14-16(2)12(17)11(10)13/h7,9H,3-6,8H2,1-2H3. The van der Waals surface area contributed by atoms with Crippen LogP contribution >= 0.6 is 15.9 Å². The molecule has 100 valence electrons. The minimum Gasteiger partial charge on any atom is -0.376 e. The van der Waals surface area contributed by atoms with Crippen LogP contribution in [0.1, 0.15) is 19.3 Å². The molecule has 2 heterocycles. The van der Waals surface area contributed by atoms with E-state index in [2.05, 4.69) is 21.0 Å². The normalized spacial score (nSPS) is 19.8. The summed E-state index contributed by atoms with van der Waals surface area (Å²) in [7, 11) is 3.60. The Morgan fingerprint density at radius 3 is 3.06 bits per heavy atom. The van der Waals surface area contributed by atoms with Gasteiger partial charge in [-0.1, -0.05) is 0 Å². The maximum Gasteiger partial charge on any atom is 0.282 e. The lowest BCUT2D eigenvalue weighted by Crippen LogP contribution is -2.35. The lowest BCUT2D eigenvalue weighted by atomic mass is 10.1. The van der Waals surface area contributed by atoms with E-state index in [-0.39, 0.29) is 11.7 Å². The summed E-state index contributed by atoms with van der Waals surface area (Å²) in [5.74, 6) is 0. The van der Waals surface area contributed by atoms with Gasteiger partial charge in [0.15, 0.2) is 0 Å². The van der Waals surface area contributed by atoms with Crippen molar-refractivity contribution < 1.29 is 4.74 Å². The number of anilines is 1. The Balaban J connectivity index is 2.11. The van der Waals surface area contributed by atoms with Gasteiger partial charge in [-0.15, -0.1) is 0 Å². The highest BCUT2D eigenvalue weighted by atomic mass is 79.9. The fourth-order valence-corrected chi connectivity index (χ4v) is 2.79. The second kappa shape index (κ2) is 5.84. The number of ether oxygens (including phenoxy) is 1. The number of hydrogen-bond acceptors (Lipinski definition) is 4. The first kappa shape index (κ1) is 13.5. The summed E-state index contributed by atoms with van der Waals surface area (Å²) >= 11 is 3.34. The first-order valence-corrected chi connectivity index (χ1v) is 6.93. The van der Waals surface area contributed by atoms with Gasteiger partial charge in [0.25, 0.3) is 5.56 Å². The van der Waals surface area contributed by atoms with E-state index in [0.717, 1.165) is 31.7 Å². The molecule has 0 N–H and O–H groups in total. The van der Waals surface area contributed by atoms with Crippen molar-refractivity contribution in [3.63, 3.8) is 0 Å². The number of aryl methyl sites for hydroxylation is 1. The predicted molar refractivity (Wildman–Crippen MR) is 74.0 cm³/mol. The van der Waals surface area contributed by atoms with Crippen LogP contribution in [-0.2, 0) is 11.8 Å². The molecule has 1 fully saturated rings. The molecule has 0 amide bonds. The fraction of sp³-hybridized carbons (Fsp3) is 0.667. The smallest absolute Gasteiger partial charge is 0.282 e. The van der Waals surface area contributed by atoms with Gasteiger partial charge in [-0.2, -0.15) is 5.10 Å². The van der Waals surface area contributed by atoms with Gasteiger partial charge in [-0.05, 0) is 35.2 Å². The van der Waals surface area contributed by atoms with E-state index < -0.39 is 0 Å². The van der Waals surface area contributed by atoms with Crippen molar-refractivity contribution in [1.29, 1.82) is 0 Å². The average Bonchev–Trinajstić information content (AvgIpc) is 2.37. The van der Waals surface area contributed by atoms with Gasteiger partial charge in [-0.3, -0.25) is 4.79 Å². The van der Waals surface area contributed by atoms with Gasteiger partial charge in [0.2, 0.25) is 0 Å². The zero-order valence-electron chi connectivity index (χ0n) is 10.7. The summed E-state index contributed by atoms with van der Waals surface area (Å²) in [6, 6.07) is 0. The lowest BCUT2D eigenvalue weighted by Gasteiger charge is -2.28. The van der Waals surface area contributed by atoms with Crippen LogP contribution < -0.4 is 10.5 Å². The lowest BCUT2D eigenvalue weighted by molar-refractivity contribution is 0.0216. The topological polar surface area (TPSA) is 47.4 Å². The molecule has 0 aliphatic carbocycles. The first-order valence-electron chi connectivity index (χ1n) is 6.14. The van der Waals surface area contributed by atoms with Crippen molar-refractivity contribution in [3.8, 4) is 0 Å². The van der Waals surface area contributed by atoms with E-state index in [9.17, 15) is 4.79 Å². The Kier molecular flexibility index (Phi) is 4.40. The monoisotopic (exact) mass is 315 g/mol. The third kappa shape index (κ3) is 2.92. The van der Waals surface area contributed by atoms with Crippen LogP contribution in [0.3, 0.4) is 0 Å². The molecule has 5 nitrogen and oxygen atoms in total. The molecule has 1 aliphatic heterocycles. The van der Waals surface area contributed by atoms with Gasteiger partial charge in [0, 0.05) is 27.2 Å². The predicted octanol–water partition coefficient (Wildman–Crippen LogP) is 1.55. The molecule has 0 bridgehead atoms. The maximum absolute atomic E-state index is 11.8. The number of halogens is 1. The van der Waals surface area contributed by atoms with Crippen molar-refractivity contribution in [2.24, 2.45) is 7.05 Å². The highest BCUT2D eigenvalue weighted by Crippen LogP contribution is 2.22. The Bertz CT molecular complexity index is 469. The second-order valence-electron chi connectivity index (χ2n) is 4.64. The number of rotatable bonds is 3. The van der Waals surface area contributed by atoms with Crippen molar-refractivity contribution >= 4 is 21.6 Å². The van der Waals surface area contributed by atoms with E-state index in [1.54, 1.807) is 13.2 Å². The van der Waals surface area contributed by atoms with Crippen molar-refractivity contribution in [2.75, 3.05) is 25.1 Å². The minimum absolute atomic E-state index is 0.121. The van der Waals surface area contributed by atoms with Crippen LogP contribution in [0, 0.1) is 0 Å². The highest BCUT2D eigenvalue weighted by molar-refractivity contribution is 9.10. The van der Waals surface area contributed by atoms with Crippen molar-refractivity contribution in [1.82, 2.24) is 9.78 Å². The van der Waals surface area contributed by atoms with Crippen LogP contribution in [0.4, 0.5) is 5.69 Å². The second-order valence-corrected chi connectivity index (χ2v) is 5.43. The molecule has 6 heteroatoms. The number of nitrogens with zero attached hydrogens (tertiary/aromatic N) is 3. The molecular weight excluding hydrogens is 298 g/mol. The van der Waals surface area contributed by atoms with Gasteiger partial charge >= 0.3 is 0 Å². The van der Waals surface area contributed by atoms with Crippen LogP contribution in [0.5, 0.6) is 0 Å². The molecule has 1 aliphatic rings. The van der Waals surface area contributed by atoms with Gasteiger partial charge in [-0.25, -0.2) is 4.68 Å². The summed E-state index contributed by atoms with van der Waals surface area (Å²) in [5, 5.41) is 4.05. The molecule has 2 rings (SSSR count). The summed E-state index contributed by atoms with van der Waals surface area (Å²) in [6.45, 7) is 1.63. The average molecular weight is 316 g/mol. The molecule has 0 spiro atoms. The molecule has 1 unspecified atom stereocenters. The van der Waals surface area contributed by atoms with Crippen LogP contribution in [0.2, 0.25) is 0 Å². The summed E-state index contributed by atoms with van der Waals surface area (Å²) in [6.07, 6.45) is 5.40. The van der Waals surface area contributed by atoms with E-state index in [4.69, 9.17) is 4.74 Å². The highest BCUT2D eigenvalue weighted by Gasteiger charge is 2.18. The summed E-state index contributed by atoms with van der Waals surface area (Å²) in [4.78, 5) is 13.8. The molecule has 1 aromatic heterocycles. The third-order valence-corrected chi connectivity index (χ3v) is 3.97. The third-order valence-electron chi connectivity index (χ3n) is 3.22. The minimum atomic E-state index is -0.121. The largest absolute Gasteiger partial charge is 0.376 e. The van der Waals surface area contributed by atoms with Crippen molar-refractivity contribution in [2.45, 2.75) is 25.4 Å². The Morgan fingerprint density at radius 1 is 1.61 bits per heavy atom. The number of aromatic nitrogens is 2. The zero-order chi connectivity index (χ0) is 13.1. The Hall–Kier alpha value is -0.880. The molecule has 18 heavy (non-hydrogen) atoms. The van der Waals surface area contributed by atoms with Gasteiger partial charge < -0.3 is 9.64 Å². The van der Waals surface area contributed by atoms with E-state index in [0.29, 0.717) is 4.47 Å². The van der Waals surface area contributed by atoms with E-state index in [1.807, 2.05) is 11.9 Å². The molecule has 1 aromatic rings. The summed E-state index contributed by atoms with van der Waals surface area (Å²) in [5.41, 5.74) is 0.691. The number of likely N-dealkylation sites (N-methyl/N-ethyl adjacent to an activating group) is 1. The molecule has 0 radical (unpaired) electrons. The first-order chi connectivity index (χ1) is 8.59. The quantitative estimate of drug-likeness (QED) is 0.849. The zero-order valence-corrected chi connectivity index (χ0v) is 12.3. The number of hydrogen-bond donors (Lipinski definition) is 0. The molecular formula is C12H18BrN3O2. The fourth-order valence-electron chi connectivity index (χ4n) is 2.12. The van der Waals surface area contributed by atoms with Crippen LogP contribution in [0.15, 0.2) is 15.5 Å². The van der Waals surface area contributed by atoms with E-state index in [1.165, 1.54) is 11.1 Å². The summed E-state index contributed by atoms with van der Waals surface area (Å²) < 4.78 is 7.58. The molecule has 0 aromatic carbocycles. The molecule has 1 saturated heterocycles. The van der Waals surface area contributed by atoms with Gasteiger partial charge in [0.1, 0.15) is 4.47 Å².